The molecule has 0 aliphatic heterocycles. The summed E-state index contributed by atoms with van der Waals surface area (Å²) in [6, 6.07) is 0.303. The van der Waals surface area contributed by atoms with E-state index in [2.05, 4.69) is 19.2 Å². The Labute approximate surface area is 91.2 Å². The SMILES string of the molecule is CC1(C)C[C@@H]1C(=O)NC1CCC(O)CC1. The molecule has 0 unspecified atom stereocenters. The van der Waals surface area contributed by atoms with Gasteiger partial charge in [0, 0.05) is 12.0 Å². The topological polar surface area (TPSA) is 49.3 Å². The standard InChI is InChI=1S/C12H21NO2/c1-12(2)7-10(12)11(15)13-8-3-5-9(14)6-4-8/h8-10,14H,3-7H2,1-2H3,(H,13,15)/t8?,9?,10-/m1/s1. The first-order chi connectivity index (χ1) is 6.99. The van der Waals surface area contributed by atoms with E-state index in [1.165, 1.54) is 0 Å². The fourth-order valence-electron chi connectivity index (χ4n) is 2.44. The Morgan fingerprint density at radius 3 is 2.27 bits per heavy atom. The van der Waals surface area contributed by atoms with Crippen molar-refractivity contribution in [1.82, 2.24) is 5.32 Å². The molecule has 2 aliphatic carbocycles. The van der Waals surface area contributed by atoms with Gasteiger partial charge in [0.05, 0.1) is 6.10 Å². The molecule has 86 valence electrons. The van der Waals surface area contributed by atoms with Crippen LogP contribution in [0.3, 0.4) is 0 Å². The van der Waals surface area contributed by atoms with E-state index in [1.807, 2.05) is 0 Å². The molecule has 0 aromatic rings. The molecule has 0 spiro atoms. The van der Waals surface area contributed by atoms with Gasteiger partial charge in [-0.1, -0.05) is 13.8 Å². The fraction of sp³-hybridized carbons (Fsp3) is 0.917. The minimum absolute atomic E-state index is 0.143. The second kappa shape index (κ2) is 3.78. The molecule has 2 saturated carbocycles. The third kappa shape index (κ3) is 2.51. The Balaban J connectivity index is 1.76. The van der Waals surface area contributed by atoms with Gasteiger partial charge in [0.25, 0.3) is 0 Å². The first-order valence-corrected chi connectivity index (χ1v) is 5.97. The number of aliphatic hydroxyl groups is 1. The van der Waals surface area contributed by atoms with E-state index >= 15 is 0 Å². The van der Waals surface area contributed by atoms with E-state index in [4.69, 9.17) is 0 Å². The predicted molar refractivity (Wildman–Crippen MR) is 58.3 cm³/mol. The Morgan fingerprint density at radius 2 is 1.80 bits per heavy atom. The molecular weight excluding hydrogens is 190 g/mol. The number of carbonyl (C=O) groups excluding carboxylic acids is 1. The monoisotopic (exact) mass is 211 g/mol. The quantitative estimate of drug-likeness (QED) is 0.726. The molecule has 3 nitrogen and oxygen atoms in total. The summed E-state index contributed by atoms with van der Waals surface area (Å²) in [7, 11) is 0. The van der Waals surface area contributed by atoms with E-state index in [1.54, 1.807) is 0 Å². The summed E-state index contributed by atoms with van der Waals surface area (Å²) in [5.74, 6) is 0.450. The van der Waals surface area contributed by atoms with Crippen LogP contribution in [0.2, 0.25) is 0 Å². The van der Waals surface area contributed by atoms with Gasteiger partial charge in [-0.15, -0.1) is 0 Å². The molecule has 0 bridgehead atoms. The minimum atomic E-state index is -0.143. The molecule has 0 aromatic heterocycles. The highest BCUT2D eigenvalue weighted by atomic mass is 16.3. The summed E-state index contributed by atoms with van der Waals surface area (Å²) in [6.07, 6.45) is 4.40. The van der Waals surface area contributed by atoms with Gasteiger partial charge in [-0.2, -0.15) is 0 Å². The van der Waals surface area contributed by atoms with E-state index in [0.717, 1.165) is 32.1 Å². The number of aliphatic hydroxyl groups excluding tert-OH is 1. The van der Waals surface area contributed by atoms with E-state index < -0.39 is 0 Å². The lowest BCUT2D eigenvalue weighted by Gasteiger charge is -2.26. The van der Waals surface area contributed by atoms with Crippen molar-refractivity contribution in [3.8, 4) is 0 Å². The number of hydrogen-bond donors (Lipinski definition) is 2. The molecule has 2 aliphatic rings. The summed E-state index contributed by atoms with van der Waals surface area (Å²) >= 11 is 0. The van der Waals surface area contributed by atoms with Gasteiger partial charge in [0.15, 0.2) is 0 Å². The summed E-state index contributed by atoms with van der Waals surface area (Å²) in [5.41, 5.74) is 0.221. The third-order valence-corrected chi connectivity index (χ3v) is 3.87. The van der Waals surface area contributed by atoms with Crippen LogP contribution in [0.4, 0.5) is 0 Å². The summed E-state index contributed by atoms with van der Waals surface area (Å²) in [5, 5.41) is 12.5. The number of amides is 1. The molecule has 1 amide bonds. The van der Waals surface area contributed by atoms with Crippen LogP contribution in [-0.4, -0.2) is 23.2 Å². The fourth-order valence-corrected chi connectivity index (χ4v) is 2.44. The highest BCUT2D eigenvalue weighted by Crippen LogP contribution is 2.51. The van der Waals surface area contributed by atoms with Crippen LogP contribution in [0.25, 0.3) is 0 Å². The second-order valence-electron chi connectivity index (χ2n) is 5.76. The van der Waals surface area contributed by atoms with Gasteiger partial charge in [0.2, 0.25) is 5.91 Å². The van der Waals surface area contributed by atoms with Gasteiger partial charge in [-0.05, 0) is 37.5 Å². The van der Waals surface area contributed by atoms with Gasteiger partial charge in [0.1, 0.15) is 0 Å². The largest absolute Gasteiger partial charge is 0.393 e. The van der Waals surface area contributed by atoms with Crippen LogP contribution < -0.4 is 5.32 Å². The highest BCUT2D eigenvalue weighted by Gasteiger charge is 2.50. The number of hydrogen-bond acceptors (Lipinski definition) is 2. The van der Waals surface area contributed by atoms with Crippen molar-refractivity contribution < 1.29 is 9.90 Å². The van der Waals surface area contributed by atoms with Crippen LogP contribution in [0, 0.1) is 11.3 Å². The lowest BCUT2D eigenvalue weighted by molar-refractivity contribution is -0.124. The minimum Gasteiger partial charge on any atom is -0.393 e. The molecule has 15 heavy (non-hydrogen) atoms. The van der Waals surface area contributed by atoms with Crippen molar-refractivity contribution >= 4 is 5.91 Å². The van der Waals surface area contributed by atoms with Crippen molar-refractivity contribution in [3.05, 3.63) is 0 Å². The van der Waals surface area contributed by atoms with Crippen molar-refractivity contribution in [3.63, 3.8) is 0 Å². The van der Waals surface area contributed by atoms with Gasteiger partial charge in [-0.3, -0.25) is 4.79 Å². The molecule has 3 heteroatoms. The Morgan fingerprint density at radius 1 is 1.27 bits per heavy atom. The maximum absolute atomic E-state index is 11.8. The maximum atomic E-state index is 11.8. The van der Waals surface area contributed by atoms with Gasteiger partial charge >= 0.3 is 0 Å². The van der Waals surface area contributed by atoms with Gasteiger partial charge in [-0.25, -0.2) is 0 Å². The summed E-state index contributed by atoms with van der Waals surface area (Å²) < 4.78 is 0. The maximum Gasteiger partial charge on any atom is 0.223 e. The zero-order valence-electron chi connectivity index (χ0n) is 9.62. The highest BCUT2D eigenvalue weighted by molar-refractivity contribution is 5.82. The zero-order chi connectivity index (χ0) is 11.1. The Bertz CT molecular complexity index is 254. The van der Waals surface area contributed by atoms with Crippen molar-refractivity contribution in [2.75, 3.05) is 0 Å². The molecule has 0 aromatic carbocycles. The smallest absolute Gasteiger partial charge is 0.223 e. The molecule has 2 rings (SSSR count). The van der Waals surface area contributed by atoms with Crippen molar-refractivity contribution in [2.24, 2.45) is 11.3 Å². The van der Waals surface area contributed by atoms with Crippen LogP contribution in [0.1, 0.15) is 46.0 Å². The predicted octanol–water partition coefficient (Wildman–Crippen LogP) is 1.45. The molecule has 0 heterocycles. The lowest BCUT2D eigenvalue weighted by atomic mass is 9.93. The summed E-state index contributed by atoms with van der Waals surface area (Å²) in [4.78, 5) is 11.8. The molecule has 0 saturated heterocycles. The number of rotatable bonds is 2. The van der Waals surface area contributed by atoms with Gasteiger partial charge < -0.3 is 10.4 Å². The average Bonchev–Trinajstić information content (AvgIpc) is 2.79. The van der Waals surface area contributed by atoms with Crippen LogP contribution >= 0.6 is 0 Å². The number of nitrogens with one attached hydrogen (secondary N) is 1. The van der Waals surface area contributed by atoms with Crippen LogP contribution in [-0.2, 0) is 4.79 Å². The molecule has 1 atom stereocenters. The van der Waals surface area contributed by atoms with E-state index in [-0.39, 0.29) is 23.3 Å². The van der Waals surface area contributed by atoms with Crippen LogP contribution in [0.15, 0.2) is 0 Å². The zero-order valence-corrected chi connectivity index (χ0v) is 9.62. The normalized spacial score (nSPS) is 38.5. The number of carbonyl (C=O) groups is 1. The van der Waals surface area contributed by atoms with Crippen molar-refractivity contribution in [1.29, 1.82) is 0 Å². The first-order valence-electron chi connectivity index (χ1n) is 5.97. The van der Waals surface area contributed by atoms with E-state index in [9.17, 15) is 9.90 Å². The molecule has 0 radical (unpaired) electrons. The lowest BCUT2D eigenvalue weighted by Crippen LogP contribution is -2.39. The Hall–Kier alpha value is -0.570. The molecular formula is C12H21NO2. The molecule has 2 fully saturated rings. The van der Waals surface area contributed by atoms with E-state index in [0.29, 0.717) is 6.04 Å². The van der Waals surface area contributed by atoms with Crippen molar-refractivity contribution in [2.45, 2.75) is 58.1 Å². The second-order valence-corrected chi connectivity index (χ2v) is 5.76. The third-order valence-electron chi connectivity index (χ3n) is 3.87. The average molecular weight is 211 g/mol. The first kappa shape index (κ1) is 10.9. The molecule has 2 N–H and O–H groups in total. The summed E-state index contributed by atoms with van der Waals surface area (Å²) in [6.45, 7) is 4.28. The van der Waals surface area contributed by atoms with Crippen LogP contribution in [0.5, 0.6) is 0 Å². The Kier molecular flexibility index (Phi) is 2.75.